The molecular weight excluding hydrogens is 254 g/mol. The standard InChI is InChI=1S/C16H17NO3/c17-15-11-13(12-18)7-8-16(15)20-10-4-9-19-14-5-2-1-3-6-14/h1-3,5-8,11-12H,4,9-10,17H2. The SMILES string of the molecule is Nc1cc(C=O)ccc1OCCCOc1ccccc1. The number of ether oxygens (including phenoxy) is 2. The van der Waals surface area contributed by atoms with Crippen molar-refractivity contribution in [3.63, 3.8) is 0 Å². The van der Waals surface area contributed by atoms with E-state index in [1.807, 2.05) is 30.3 Å². The summed E-state index contributed by atoms with van der Waals surface area (Å²) < 4.78 is 11.1. The van der Waals surface area contributed by atoms with Crippen molar-refractivity contribution in [2.24, 2.45) is 0 Å². The minimum absolute atomic E-state index is 0.471. The van der Waals surface area contributed by atoms with Crippen molar-refractivity contribution in [1.82, 2.24) is 0 Å². The summed E-state index contributed by atoms with van der Waals surface area (Å²) in [6.45, 7) is 1.09. The Kier molecular flexibility index (Phi) is 5.00. The van der Waals surface area contributed by atoms with Gasteiger partial charge >= 0.3 is 0 Å². The van der Waals surface area contributed by atoms with Crippen LogP contribution in [-0.2, 0) is 0 Å². The summed E-state index contributed by atoms with van der Waals surface area (Å²) in [5.41, 5.74) is 6.80. The minimum Gasteiger partial charge on any atom is -0.493 e. The van der Waals surface area contributed by atoms with Gasteiger partial charge in [0.1, 0.15) is 17.8 Å². The number of hydrogen-bond acceptors (Lipinski definition) is 4. The maximum absolute atomic E-state index is 10.6. The lowest BCUT2D eigenvalue weighted by atomic mass is 10.2. The lowest BCUT2D eigenvalue weighted by molar-refractivity contribution is 0.112. The van der Waals surface area contributed by atoms with Gasteiger partial charge in [-0.2, -0.15) is 0 Å². The largest absolute Gasteiger partial charge is 0.493 e. The molecule has 4 nitrogen and oxygen atoms in total. The molecule has 0 aliphatic rings. The van der Waals surface area contributed by atoms with E-state index in [1.165, 1.54) is 0 Å². The van der Waals surface area contributed by atoms with E-state index in [-0.39, 0.29) is 0 Å². The van der Waals surface area contributed by atoms with Crippen LogP contribution in [0.2, 0.25) is 0 Å². The van der Waals surface area contributed by atoms with E-state index in [0.29, 0.717) is 30.2 Å². The van der Waals surface area contributed by atoms with E-state index in [0.717, 1.165) is 18.5 Å². The third-order valence-corrected chi connectivity index (χ3v) is 2.73. The zero-order valence-corrected chi connectivity index (χ0v) is 11.1. The van der Waals surface area contributed by atoms with E-state index >= 15 is 0 Å². The van der Waals surface area contributed by atoms with Gasteiger partial charge in [0.2, 0.25) is 0 Å². The van der Waals surface area contributed by atoms with Crippen molar-refractivity contribution < 1.29 is 14.3 Å². The minimum atomic E-state index is 0.471. The van der Waals surface area contributed by atoms with Gasteiger partial charge in [0.25, 0.3) is 0 Å². The van der Waals surface area contributed by atoms with Crippen LogP contribution in [0.25, 0.3) is 0 Å². The molecule has 0 aliphatic carbocycles. The number of carbonyl (C=O) groups is 1. The Morgan fingerprint density at radius 3 is 2.45 bits per heavy atom. The second-order valence-electron chi connectivity index (χ2n) is 4.28. The van der Waals surface area contributed by atoms with Gasteiger partial charge in [-0.3, -0.25) is 4.79 Å². The van der Waals surface area contributed by atoms with Gasteiger partial charge in [-0.1, -0.05) is 18.2 Å². The van der Waals surface area contributed by atoms with Gasteiger partial charge < -0.3 is 15.2 Å². The summed E-state index contributed by atoms with van der Waals surface area (Å²) in [6, 6.07) is 14.6. The molecule has 2 N–H and O–H groups in total. The Morgan fingerprint density at radius 1 is 1.00 bits per heavy atom. The number of para-hydroxylation sites is 1. The Morgan fingerprint density at radius 2 is 1.75 bits per heavy atom. The second-order valence-corrected chi connectivity index (χ2v) is 4.28. The Hall–Kier alpha value is -2.49. The van der Waals surface area contributed by atoms with Crippen molar-refractivity contribution in [2.75, 3.05) is 18.9 Å². The highest BCUT2D eigenvalue weighted by Crippen LogP contribution is 2.21. The summed E-state index contributed by atoms with van der Waals surface area (Å²) >= 11 is 0. The quantitative estimate of drug-likeness (QED) is 0.478. The molecular formula is C16H17NO3. The first-order valence-corrected chi connectivity index (χ1v) is 6.45. The molecule has 2 rings (SSSR count). The zero-order chi connectivity index (χ0) is 14.2. The molecule has 20 heavy (non-hydrogen) atoms. The average molecular weight is 271 g/mol. The van der Waals surface area contributed by atoms with Crippen LogP contribution in [0.1, 0.15) is 16.8 Å². The fourth-order valence-corrected chi connectivity index (χ4v) is 1.72. The number of nitrogen functional groups attached to an aromatic ring is 1. The summed E-state index contributed by atoms with van der Waals surface area (Å²) in [4.78, 5) is 10.6. The van der Waals surface area contributed by atoms with E-state index in [2.05, 4.69) is 0 Å². The smallest absolute Gasteiger partial charge is 0.150 e. The van der Waals surface area contributed by atoms with E-state index < -0.39 is 0 Å². The fraction of sp³-hybridized carbons (Fsp3) is 0.188. The molecule has 0 fully saturated rings. The van der Waals surface area contributed by atoms with Crippen LogP contribution in [0.3, 0.4) is 0 Å². The number of nitrogens with two attached hydrogens (primary N) is 1. The molecule has 0 radical (unpaired) electrons. The van der Waals surface area contributed by atoms with Crippen molar-refractivity contribution in [2.45, 2.75) is 6.42 Å². The fourth-order valence-electron chi connectivity index (χ4n) is 1.72. The third kappa shape index (κ3) is 4.02. The molecule has 2 aromatic rings. The van der Waals surface area contributed by atoms with Crippen LogP contribution in [0.5, 0.6) is 11.5 Å². The first-order chi connectivity index (χ1) is 9.79. The highest BCUT2D eigenvalue weighted by molar-refractivity contribution is 5.78. The normalized spacial score (nSPS) is 10.0. The van der Waals surface area contributed by atoms with Crippen LogP contribution in [0.15, 0.2) is 48.5 Å². The van der Waals surface area contributed by atoms with Gasteiger partial charge in [-0.15, -0.1) is 0 Å². The molecule has 0 saturated carbocycles. The molecule has 0 aliphatic heterocycles. The Labute approximate surface area is 118 Å². The van der Waals surface area contributed by atoms with Gasteiger partial charge in [-0.05, 0) is 30.3 Å². The molecule has 0 atom stereocenters. The first-order valence-electron chi connectivity index (χ1n) is 6.45. The number of anilines is 1. The van der Waals surface area contributed by atoms with Crippen LogP contribution in [-0.4, -0.2) is 19.5 Å². The first kappa shape index (κ1) is 13.9. The number of benzene rings is 2. The second kappa shape index (κ2) is 7.19. The van der Waals surface area contributed by atoms with Crippen molar-refractivity contribution in [1.29, 1.82) is 0 Å². The number of rotatable bonds is 7. The summed E-state index contributed by atoms with van der Waals surface area (Å²) in [5.74, 6) is 1.44. The summed E-state index contributed by atoms with van der Waals surface area (Å²) in [5, 5.41) is 0. The topological polar surface area (TPSA) is 61.6 Å². The van der Waals surface area contributed by atoms with E-state index in [9.17, 15) is 4.79 Å². The predicted molar refractivity (Wildman–Crippen MR) is 78.3 cm³/mol. The van der Waals surface area contributed by atoms with Gasteiger partial charge in [-0.25, -0.2) is 0 Å². The van der Waals surface area contributed by atoms with Crippen LogP contribution >= 0.6 is 0 Å². The Bertz CT molecular complexity index is 555. The highest BCUT2D eigenvalue weighted by atomic mass is 16.5. The predicted octanol–water partition coefficient (Wildman–Crippen LogP) is 2.93. The number of carbonyl (C=O) groups excluding carboxylic acids is 1. The maximum atomic E-state index is 10.6. The summed E-state index contributed by atoms with van der Waals surface area (Å²) in [7, 11) is 0. The van der Waals surface area contributed by atoms with Crippen LogP contribution in [0.4, 0.5) is 5.69 Å². The van der Waals surface area contributed by atoms with Crippen molar-refractivity contribution in [3.8, 4) is 11.5 Å². The van der Waals surface area contributed by atoms with E-state index in [4.69, 9.17) is 15.2 Å². The molecule has 2 aromatic carbocycles. The molecule has 0 aromatic heterocycles. The van der Waals surface area contributed by atoms with Crippen molar-refractivity contribution in [3.05, 3.63) is 54.1 Å². The third-order valence-electron chi connectivity index (χ3n) is 2.73. The number of aldehydes is 1. The maximum Gasteiger partial charge on any atom is 0.150 e. The molecule has 0 spiro atoms. The van der Waals surface area contributed by atoms with Gasteiger partial charge in [0.15, 0.2) is 0 Å². The zero-order valence-electron chi connectivity index (χ0n) is 11.1. The molecule has 0 amide bonds. The van der Waals surface area contributed by atoms with Crippen LogP contribution in [0, 0.1) is 0 Å². The highest BCUT2D eigenvalue weighted by Gasteiger charge is 2.01. The van der Waals surface area contributed by atoms with Gasteiger partial charge in [0, 0.05) is 12.0 Å². The molecule has 0 saturated heterocycles. The lowest BCUT2D eigenvalue weighted by Crippen LogP contribution is -2.06. The summed E-state index contributed by atoms with van der Waals surface area (Å²) in [6.07, 6.45) is 1.51. The monoisotopic (exact) mass is 271 g/mol. The van der Waals surface area contributed by atoms with Gasteiger partial charge in [0.05, 0.1) is 18.9 Å². The molecule has 0 heterocycles. The average Bonchev–Trinajstić information content (AvgIpc) is 2.49. The van der Waals surface area contributed by atoms with E-state index in [1.54, 1.807) is 18.2 Å². The van der Waals surface area contributed by atoms with Crippen molar-refractivity contribution >= 4 is 12.0 Å². The lowest BCUT2D eigenvalue weighted by Gasteiger charge is -2.10. The molecule has 4 heteroatoms. The molecule has 104 valence electrons. The molecule has 0 bridgehead atoms. The number of hydrogen-bond donors (Lipinski definition) is 1. The Balaban J connectivity index is 1.72. The molecule has 0 unspecified atom stereocenters. The van der Waals surface area contributed by atoms with Crippen LogP contribution < -0.4 is 15.2 Å².